The molecule has 3 heterocycles. The number of piperazine rings is 1. The molecule has 2 fully saturated rings. The minimum atomic E-state index is -4.47. The lowest BCUT2D eigenvalue weighted by Gasteiger charge is -2.36. The van der Waals surface area contributed by atoms with Crippen molar-refractivity contribution in [3.8, 4) is 0 Å². The van der Waals surface area contributed by atoms with Gasteiger partial charge < -0.3 is 19.4 Å². The van der Waals surface area contributed by atoms with Gasteiger partial charge in [-0.15, -0.1) is 0 Å². The third kappa shape index (κ3) is 4.90. The number of carbonyl (C=O) groups is 1. The van der Waals surface area contributed by atoms with Crippen LogP contribution in [0, 0.1) is 6.92 Å². The molecular weight excluding hydrogens is 411 g/mol. The summed E-state index contributed by atoms with van der Waals surface area (Å²) in [6, 6.07) is 6.52. The van der Waals surface area contributed by atoms with Crippen LogP contribution >= 0.6 is 0 Å². The number of halogens is 3. The summed E-state index contributed by atoms with van der Waals surface area (Å²) in [6.07, 6.45) is -4.47. The zero-order chi connectivity index (χ0) is 22.0. The molecule has 1 aromatic carbocycles. The van der Waals surface area contributed by atoms with Crippen molar-refractivity contribution < 1.29 is 22.7 Å². The highest BCUT2D eigenvalue weighted by atomic mass is 19.4. The molecule has 0 spiro atoms. The molecule has 2 aromatic rings. The molecule has 1 amide bonds. The van der Waals surface area contributed by atoms with E-state index in [-0.39, 0.29) is 5.56 Å². The molecule has 166 valence electrons. The number of benzene rings is 1. The SMILES string of the molecule is Cc1nc(N2CCOCC2)cc(N2CCN(C(=O)c3cccc(C(F)(F)F)c3)CC2)n1. The van der Waals surface area contributed by atoms with Crippen LogP contribution < -0.4 is 9.80 Å². The third-order valence-electron chi connectivity index (χ3n) is 5.47. The first-order valence-corrected chi connectivity index (χ1v) is 10.2. The van der Waals surface area contributed by atoms with Crippen molar-refractivity contribution in [1.29, 1.82) is 0 Å². The number of aryl methyl sites for hydroxylation is 1. The molecule has 4 rings (SSSR count). The molecule has 0 atom stereocenters. The molecule has 7 nitrogen and oxygen atoms in total. The predicted octanol–water partition coefficient (Wildman–Crippen LogP) is 2.60. The van der Waals surface area contributed by atoms with Crippen molar-refractivity contribution >= 4 is 17.5 Å². The molecule has 0 N–H and O–H groups in total. The summed E-state index contributed by atoms with van der Waals surface area (Å²) in [5, 5.41) is 0. The van der Waals surface area contributed by atoms with Gasteiger partial charge >= 0.3 is 6.18 Å². The van der Waals surface area contributed by atoms with E-state index >= 15 is 0 Å². The van der Waals surface area contributed by atoms with E-state index in [0.29, 0.717) is 45.2 Å². The smallest absolute Gasteiger partial charge is 0.378 e. The zero-order valence-electron chi connectivity index (χ0n) is 17.2. The van der Waals surface area contributed by atoms with Gasteiger partial charge in [-0.2, -0.15) is 13.2 Å². The van der Waals surface area contributed by atoms with Crippen LogP contribution in [0.2, 0.25) is 0 Å². The number of ether oxygens (including phenoxy) is 1. The van der Waals surface area contributed by atoms with Crippen LogP contribution in [0.15, 0.2) is 30.3 Å². The average molecular weight is 435 g/mol. The maximum Gasteiger partial charge on any atom is 0.416 e. The maximum absolute atomic E-state index is 13.0. The molecule has 2 aliphatic heterocycles. The van der Waals surface area contributed by atoms with E-state index in [9.17, 15) is 18.0 Å². The summed E-state index contributed by atoms with van der Waals surface area (Å²) in [7, 11) is 0. The molecule has 0 aliphatic carbocycles. The summed E-state index contributed by atoms with van der Waals surface area (Å²) >= 11 is 0. The van der Waals surface area contributed by atoms with Crippen LogP contribution in [0.25, 0.3) is 0 Å². The van der Waals surface area contributed by atoms with Gasteiger partial charge in [-0.05, 0) is 25.1 Å². The quantitative estimate of drug-likeness (QED) is 0.739. The molecule has 2 aliphatic rings. The second-order valence-electron chi connectivity index (χ2n) is 7.59. The first-order valence-electron chi connectivity index (χ1n) is 10.2. The first-order chi connectivity index (χ1) is 14.8. The van der Waals surface area contributed by atoms with Crippen LogP contribution in [-0.2, 0) is 10.9 Å². The lowest BCUT2D eigenvalue weighted by atomic mass is 10.1. The maximum atomic E-state index is 13.0. The summed E-state index contributed by atoms with van der Waals surface area (Å²) in [5.41, 5.74) is -0.764. The fraction of sp³-hybridized carbons (Fsp3) is 0.476. The second kappa shape index (κ2) is 8.70. The Kier molecular flexibility index (Phi) is 5.99. The van der Waals surface area contributed by atoms with E-state index < -0.39 is 17.6 Å². The van der Waals surface area contributed by atoms with Gasteiger partial charge in [0.25, 0.3) is 5.91 Å². The predicted molar refractivity (Wildman–Crippen MR) is 109 cm³/mol. The fourth-order valence-electron chi connectivity index (χ4n) is 3.80. The highest BCUT2D eigenvalue weighted by Gasteiger charge is 2.32. The van der Waals surface area contributed by atoms with Crippen molar-refractivity contribution in [2.75, 3.05) is 62.3 Å². The minimum Gasteiger partial charge on any atom is -0.378 e. The van der Waals surface area contributed by atoms with Crippen LogP contribution in [0.5, 0.6) is 0 Å². The van der Waals surface area contributed by atoms with Gasteiger partial charge in [0.05, 0.1) is 18.8 Å². The molecule has 1 aromatic heterocycles. The number of hydrogen-bond donors (Lipinski definition) is 0. The summed E-state index contributed by atoms with van der Waals surface area (Å²) in [6.45, 7) is 6.62. The Bertz CT molecular complexity index is 939. The number of nitrogens with zero attached hydrogens (tertiary/aromatic N) is 5. The number of amides is 1. The number of morpholine rings is 1. The molecule has 0 bridgehead atoms. The minimum absolute atomic E-state index is 0.0516. The Hall–Kier alpha value is -2.88. The van der Waals surface area contributed by atoms with E-state index in [0.717, 1.165) is 36.9 Å². The van der Waals surface area contributed by atoms with Gasteiger partial charge in [0, 0.05) is 50.9 Å². The number of carbonyl (C=O) groups excluding carboxylic acids is 1. The Labute approximate surface area is 178 Å². The van der Waals surface area contributed by atoms with Crippen LogP contribution in [0.3, 0.4) is 0 Å². The van der Waals surface area contributed by atoms with E-state index in [4.69, 9.17) is 4.74 Å². The van der Waals surface area contributed by atoms with Crippen molar-refractivity contribution in [2.45, 2.75) is 13.1 Å². The standard InChI is InChI=1S/C21H24F3N5O2/c1-15-25-18(14-19(26-15)28-9-11-31-12-10-28)27-5-7-29(8-6-27)20(30)16-3-2-4-17(13-16)21(22,23)24/h2-4,13-14H,5-12H2,1H3. The van der Waals surface area contributed by atoms with E-state index in [2.05, 4.69) is 19.8 Å². The molecular formula is C21H24F3N5O2. The Morgan fingerprint density at radius 3 is 2.16 bits per heavy atom. The molecule has 0 unspecified atom stereocenters. The second-order valence-corrected chi connectivity index (χ2v) is 7.59. The molecule has 10 heteroatoms. The fourth-order valence-corrected chi connectivity index (χ4v) is 3.80. The van der Waals surface area contributed by atoms with Gasteiger partial charge in [-0.1, -0.05) is 6.07 Å². The van der Waals surface area contributed by atoms with Gasteiger partial charge in [0.15, 0.2) is 0 Å². The van der Waals surface area contributed by atoms with Crippen molar-refractivity contribution in [3.05, 3.63) is 47.3 Å². The van der Waals surface area contributed by atoms with Crippen LogP contribution in [-0.4, -0.2) is 73.3 Å². The van der Waals surface area contributed by atoms with E-state index in [1.165, 1.54) is 12.1 Å². The first kappa shape index (κ1) is 21.4. The number of aromatic nitrogens is 2. The summed E-state index contributed by atoms with van der Waals surface area (Å²) in [4.78, 5) is 27.6. The highest BCUT2D eigenvalue weighted by Crippen LogP contribution is 2.30. The molecule has 0 radical (unpaired) electrons. The number of anilines is 2. The third-order valence-corrected chi connectivity index (χ3v) is 5.47. The lowest BCUT2D eigenvalue weighted by Crippen LogP contribution is -2.49. The Morgan fingerprint density at radius 2 is 1.55 bits per heavy atom. The van der Waals surface area contributed by atoms with Crippen molar-refractivity contribution in [1.82, 2.24) is 14.9 Å². The Balaban J connectivity index is 1.43. The van der Waals surface area contributed by atoms with E-state index in [1.54, 1.807) is 4.90 Å². The topological polar surface area (TPSA) is 61.8 Å². The van der Waals surface area contributed by atoms with E-state index in [1.807, 2.05) is 13.0 Å². The summed E-state index contributed by atoms with van der Waals surface area (Å²) in [5.74, 6) is 1.92. The molecule has 31 heavy (non-hydrogen) atoms. The summed E-state index contributed by atoms with van der Waals surface area (Å²) < 4.78 is 44.3. The average Bonchev–Trinajstić information content (AvgIpc) is 2.78. The Morgan fingerprint density at radius 1 is 0.935 bits per heavy atom. The number of rotatable bonds is 3. The number of alkyl halides is 3. The lowest BCUT2D eigenvalue weighted by molar-refractivity contribution is -0.137. The number of hydrogen-bond acceptors (Lipinski definition) is 6. The highest BCUT2D eigenvalue weighted by molar-refractivity contribution is 5.94. The van der Waals surface area contributed by atoms with Crippen LogP contribution in [0.4, 0.5) is 24.8 Å². The normalized spacial score (nSPS) is 17.7. The zero-order valence-corrected chi connectivity index (χ0v) is 17.2. The van der Waals surface area contributed by atoms with Crippen molar-refractivity contribution in [3.63, 3.8) is 0 Å². The largest absolute Gasteiger partial charge is 0.416 e. The monoisotopic (exact) mass is 435 g/mol. The van der Waals surface area contributed by atoms with Crippen LogP contribution in [0.1, 0.15) is 21.7 Å². The van der Waals surface area contributed by atoms with Gasteiger partial charge in [0.1, 0.15) is 17.5 Å². The van der Waals surface area contributed by atoms with Gasteiger partial charge in [0.2, 0.25) is 0 Å². The van der Waals surface area contributed by atoms with Gasteiger partial charge in [-0.3, -0.25) is 4.79 Å². The van der Waals surface area contributed by atoms with Crippen molar-refractivity contribution in [2.24, 2.45) is 0 Å². The molecule has 0 saturated carbocycles. The molecule has 2 saturated heterocycles. The van der Waals surface area contributed by atoms with Gasteiger partial charge in [-0.25, -0.2) is 9.97 Å².